The van der Waals surface area contributed by atoms with Gasteiger partial charge in [0.1, 0.15) is 6.17 Å². The molecule has 96 valence electrons. The van der Waals surface area contributed by atoms with Crippen molar-refractivity contribution in [1.29, 1.82) is 0 Å². The highest BCUT2D eigenvalue weighted by atomic mass is 19.1. The zero-order valence-electron chi connectivity index (χ0n) is 9.96. The number of nitrogens with two attached hydrogens (primary N) is 1. The molecule has 5 heteroatoms. The third-order valence-corrected chi connectivity index (χ3v) is 3.65. The Balaban J connectivity index is 2.09. The zero-order valence-corrected chi connectivity index (χ0v) is 9.96. The van der Waals surface area contributed by atoms with Crippen LogP contribution in [0.15, 0.2) is 17.1 Å². The quantitative estimate of drug-likeness (QED) is 0.808. The molecule has 17 heavy (non-hydrogen) atoms. The molecule has 0 bridgehead atoms. The van der Waals surface area contributed by atoms with Crippen molar-refractivity contribution in [2.24, 2.45) is 16.1 Å². The van der Waals surface area contributed by atoms with Crippen molar-refractivity contribution in [1.82, 2.24) is 0 Å². The highest BCUT2D eigenvalue weighted by molar-refractivity contribution is 5.87. The number of aliphatic imine (C=N–C) groups is 1. The Bertz CT molecular complexity index is 350. The van der Waals surface area contributed by atoms with Crippen LogP contribution in [0.2, 0.25) is 0 Å². The Hall–Kier alpha value is -0.810. The second kappa shape index (κ2) is 4.46. The summed E-state index contributed by atoms with van der Waals surface area (Å²) in [6.07, 6.45) is 2.98. The molecule has 2 aliphatic rings. The van der Waals surface area contributed by atoms with Crippen LogP contribution in [0.5, 0.6) is 0 Å². The molecule has 2 heterocycles. The number of alkyl halides is 1. The van der Waals surface area contributed by atoms with E-state index in [-0.39, 0.29) is 11.8 Å². The third-order valence-electron chi connectivity index (χ3n) is 3.65. The summed E-state index contributed by atoms with van der Waals surface area (Å²) in [7, 11) is 0. The van der Waals surface area contributed by atoms with Crippen LogP contribution in [0.25, 0.3) is 0 Å². The number of dihydropyridines is 1. The minimum Gasteiger partial charge on any atom is -0.381 e. The summed E-state index contributed by atoms with van der Waals surface area (Å²) in [4.78, 5) is 3.47. The van der Waals surface area contributed by atoms with E-state index in [1.54, 1.807) is 0 Å². The molecule has 2 unspecified atom stereocenters. The fourth-order valence-corrected chi connectivity index (χ4v) is 2.45. The predicted molar refractivity (Wildman–Crippen MR) is 62.3 cm³/mol. The van der Waals surface area contributed by atoms with Crippen LogP contribution in [0, 0.1) is 5.41 Å². The molecule has 0 amide bonds. The molecule has 0 saturated carbocycles. The van der Waals surface area contributed by atoms with Crippen LogP contribution in [-0.2, 0) is 4.74 Å². The van der Waals surface area contributed by atoms with Crippen LogP contribution in [0.4, 0.5) is 8.78 Å². The van der Waals surface area contributed by atoms with E-state index in [4.69, 9.17) is 10.5 Å². The molecule has 0 aromatic heterocycles. The molecule has 2 atom stereocenters. The minimum absolute atomic E-state index is 0.154. The van der Waals surface area contributed by atoms with E-state index < -0.39 is 17.8 Å². The highest BCUT2D eigenvalue weighted by Gasteiger charge is 2.43. The normalized spacial score (nSPS) is 36.7. The van der Waals surface area contributed by atoms with Gasteiger partial charge in [0.15, 0.2) is 5.67 Å². The van der Waals surface area contributed by atoms with Crippen molar-refractivity contribution in [2.45, 2.75) is 38.0 Å². The predicted octanol–water partition coefficient (Wildman–Crippen LogP) is 2.12. The first-order valence-corrected chi connectivity index (χ1v) is 5.88. The van der Waals surface area contributed by atoms with Crippen LogP contribution >= 0.6 is 0 Å². The number of ether oxygens (including phenoxy) is 1. The molecule has 0 spiro atoms. The largest absolute Gasteiger partial charge is 0.381 e. The van der Waals surface area contributed by atoms with E-state index in [0.717, 1.165) is 18.9 Å². The van der Waals surface area contributed by atoms with Gasteiger partial charge in [-0.05, 0) is 36.8 Å². The molecule has 3 nitrogen and oxygen atoms in total. The van der Waals surface area contributed by atoms with Gasteiger partial charge in [0.25, 0.3) is 0 Å². The van der Waals surface area contributed by atoms with Crippen molar-refractivity contribution in [2.75, 3.05) is 13.2 Å². The molecule has 0 radical (unpaired) electrons. The second-order valence-corrected chi connectivity index (χ2v) is 5.26. The Labute approximate surface area is 99.7 Å². The summed E-state index contributed by atoms with van der Waals surface area (Å²) in [5, 5.41) is 0. The number of allylic oxidation sites excluding steroid dienone is 1. The molecule has 0 aliphatic carbocycles. The standard InChI is InChI=1S/C12H18F2N2O/c1-11(4-6-17-7-5-11)8-12(14)3-2-9(13)16-10(12)15/h2-3,10H,4-8,15H2,1H3. The molecule has 2 N–H and O–H groups in total. The van der Waals surface area contributed by atoms with E-state index in [2.05, 4.69) is 4.99 Å². The van der Waals surface area contributed by atoms with Gasteiger partial charge in [-0.3, -0.25) is 0 Å². The molecular formula is C12H18F2N2O. The maximum absolute atomic E-state index is 14.6. The number of nitrogens with zero attached hydrogens (tertiary/aromatic N) is 1. The van der Waals surface area contributed by atoms with Gasteiger partial charge in [-0.25, -0.2) is 9.38 Å². The summed E-state index contributed by atoms with van der Waals surface area (Å²) in [5.74, 6) is -0.706. The SMILES string of the molecule is CC1(CC2(F)C=CC(F)=NC2N)CCOCC1. The van der Waals surface area contributed by atoms with E-state index in [1.165, 1.54) is 6.08 Å². The van der Waals surface area contributed by atoms with E-state index in [1.807, 2.05) is 6.92 Å². The molecule has 0 aromatic rings. The van der Waals surface area contributed by atoms with Gasteiger partial charge in [0.2, 0.25) is 5.97 Å². The van der Waals surface area contributed by atoms with Crippen molar-refractivity contribution in [3.63, 3.8) is 0 Å². The van der Waals surface area contributed by atoms with Crippen LogP contribution < -0.4 is 5.73 Å². The summed E-state index contributed by atoms with van der Waals surface area (Å²) < 4.78 is 32.8. The zero-order chi connectivity index (χ0) is 12.5. The van der Waals surface area contributed by atoms with E-state index >= 15 is 0 Å². The Morgan fingerprint density at radius 2 is 2.18 bits per heavy atom. The monoisotopic (exact) mass is 244 g/mol. The van der Waals surface area contributed by atoms with Gasteiger partial charge in [0.05, 0.1) is 0 Å². The summed E-state index contributed by atoms with van der Waals surface area (Å²) in [6.45, 7) is 3.30. The smallest absolute Gasteiger partial charge is 0.209 e. The number of hydrogen-bond donors (Lipinski definition) is 1. The van der Waals surface area contributed by atoms with Crippen LogP contribution in [0.3, 0.4) is 0 Å². The molecule has 2 aliphatic heterocycles. The number of halogens is 2. The molecular weight excluding hydrogens is 226 g/mol. The van der Waals surface area contributed by atoms with Crippen molar-refractivity contribution in [3.05, 3.63) is 12.2 Å². The van der Waals surface area contributed by atoms with Crippen molar-refractivity contribution < 1.29 is 13.5 Å². The lowest BCUT2D eigenvalue weighted by atomic mass is 9.73. The minimum atomic E-state index is -1.75. The Morgan fingerprint density at radius 1 is 1.53 bits per heavy atom. The third kappa shape index (κ3) is 2.72. The van der Waals surface area contributed by atoms with Crippen molar-refractivity contribution in [3.8, 4) is 0 Å². The first-order chi connectivity index (χ1) is 7.94. The van der Waals surface area contributed by atoms with Crippen LogP contribution in [0.1, 0.15) is 26.2 Å². The maximum atomic E-state index is 14.6. The second-order valence-electron chi connectivity index (χ2n) is 5.26. The Morgan fingerprint density at radius 3 is 2.76 bits per heavy atom. The lowest BCUT2D eigenvalue weighted by Gasteiger charge is -2.40. The average Bonchev–Trinajstić information content (AvgIpc) is 2.25. The van der Waals surface area contributed by atoms with Gasteiger partial charge in [-0.15, -0.1) is 0 Å². The summed E-state index contributed by atoms with van der Waals surface area (Å²) >= 11 is 0. The summed E-state index contributed by atoms with van der Waals surface area (Å²) in [5.41, 5.74) is 3.69. The topological polar surface area (TPSA) is 47.6 Å². The van der Waals surface area contributed by atoms with Crippen LogP contribution in [-0.4, -0.2) is 31.0 Å². The molecule has 2 rings (SSSR count). The molecule has 1 fully saturated rings. The lowest BCUT2D eigenvalue weighted by molar-refractivity contribution is -0.00794. The fraction of sp³-hybridized carbons (Fsp3) is 0.750. The number of hydrogen-bond acceptors (Lipinski definition) is 3. The van der Waals surface area contributed by atoms with E-state index in [9.17, 15) is 8.78 Å². The first kappa shape index (κ1) is 12.6. The summed E-state index contributed by atoms with van der Waals surface area (Å²) in [6, 6.07) is 0. The van der Waals surface area contributed by atoms with Crippen molar-refractivity contribution >= 4 is 5.97 Å². The Kier molecular flexibility index (Phi) is 3.32. The van der Waals surface area contributed by atoms with Gasteiger partial charge >= 0.3 is 0 Å². The molecule has 1 saturated heterocycles. The lowest BCUT2D eigenvalue weighted by Crippen LogP contribution is -2.47. The van der Waals surface area contributed by atoms with Gasteiger partial charge in [-0.1, -0.05) is 6.92 Å². The average molecular weight is 244 g/mol. The first-order valence-electron chi connectivity index (χ1n) is 5.88. The van der Waals surface area contributed by atoms with Gasteiger partial charge in [-0.2, -0.15) is 4.39 Å². The van der Waals surface area contributed by atoms with Gasteiger partial charge in [0, 0.05) is 13.2 Å². The highest BCUT2D eigenvalue weighted by Crippen LogP contribution is 2.41. The molecule has 0 aromatic carbocycles. The fourth-order valence-electron chi connectivity index (χ4n) is 2.45. The number of rotatable bonds is 2. The maximum Gasteiger partial charge on any atom is 0.209 e. The van der Waals surface area contributed by atoms with E-state index in [0.29, 0.717) is 13.2 Å². The van der Waals surface area contributed by atoms with Gasteiger partial charge < -0.3 is 10.5 Å².